The second kappa shape index (κ2) is 12.9. The van der Waals surface area contributed by atoms with E-state index in [4.69, 9.17) is 16.4 Å². The summed E-state index contributed by atoms with van der Waals surface area (Å²) in [5, 5.41) is 16.8. The molecule has 0 aromatic rings. The van der Waals surface area contributed by atoms with Crippen molar-refractivity contribution in [1.29, 1.82) is 0 Å². The number of rotatable bonds is 9. The second-order valence-corrected chi connectivity index (χ2v) is 7.51. The maximum atomic E-state index is 12.4. The van der Waals surface area contributed by atoms with E-state index in [2.05, 4.69) is 19.0 Å². The number of carbonyl (C=O) groups is 1. The van der Waals surface area contributed by atoms with E-state index < -0.39 is 0 Å². The zero-order valence-electron chi connectivity index (χ0n) is 15.0. The Labute approximate surface area is 166 Å². The fourth-order valence-electron chi connectivity index (χ4n) is 2.75. The molecule has 130 valence electrons. The van der Waals surface area contributed by atoms with Crippen LogP contribution in [0.25, 0.3) is 0 Å². The van der Waals surface area contributed by atoms with E-state index in [1.807, 2.05) is 18.7 Å². The topological polar surface area (TPSA) is 61.7 Å². The van der Waals surface area contributed by atoms with Gasteiger partial charge in [0.25, 0.3) is 0 Å². The second-order valence-electron chi connectivity index (χ2n) is 5.55. The molecule has 0 heterocycles. The van der Waals surface area contributed by atoms with E-state index in [1.54, 1.807) is 6.08 Å². The number of carbonyl (C=O) groups excluding carboxylic acids is 1. The van der Waals surface area contributed by atoms with Gasteiger partial charge in [-0.05, 0) is 37.0 Å². The molecule has 24 heavy (non-hydrogen) atoms. The molecule has 0 fully saturated rings. The van der Waals surface area contributed by atoms with Gasteiger partial charge in [0.2, 0.25) is 0 Å². The van der Waals surface area contributed by atoms with E-state index in [0.717, 1.165) is 12.2 Å². The average Bonchev–Trinajstić information content (AvgIpc) is 2.49. The van der Waals surface area contributed by atoms with Crippen LogP contribution in [0.15, 0.2) is 28.1 Å². The molecule has 0 saturated carbocycles. The fourth-order valence-corrected chi connectivity index (χ4v) is 3.80. The first-order chi connectivity index (χ1) is 11.0. The van der Waals surface area contributed by atoms with Gasteiger partial charge < -0.3 is 9.94 Å². The molecule has 0 N–H and O–H groups in total. The van der Waals surface area contributed by atoms with E-state index >= 15 is 0 Å². The van der Waals surface area contributed by atoms with Crippen LogP contribution in [0.5, 0.6) is 0 Å². The summed E-state index contributed by atoms with van der Waals surface area (Å²) in [6.45, 7) is 6.35. The van der Waals surface area contributed by atoms with Crippen LogP contribution in [0.1, 0.15) is 46.5 Å². The third-order valence-electron chi connectivity index (χ3n) is 3.68. The van der Waals surface area contributed by atoms with Gasteiger partial charge in [-0.3, -0.25) is 4.79 Å². The Morgan fingerprint density at radius 2 is 2.21 bits per heavy atom. The van der Waals surface area contributed by atoms with Gasteiger partial charge >= 0.3 is 18.9 Å². The van der Waals surface area contributed by atoms with Gasteiger partial charge in [0.15, 0.2) is 5.78 Å². The normalized spacial score (nSPS) is 20.2. The van der Waals surface area contributed by atoms with Crippen molar-refractivity contribution in [2.75, 3.05) is 12.4 Å². The summed E-state index contributed by atoms with van der Waals surface area (Å²) >= 11 is 7.27. The molecule has 0 aliphatic heterocycles. The minimum Gasteiger partial charge on any atom is -0.875 e. The maximum Gasteiger partial charge on any atom is 1.00 e. The minimum absolute atomic E-state index is 0. The van der Waals surface area contributed by atoms with E-state index in [1.165, 1.54) is 5.54 Å². The molecule has 0 bridgehead atoms. The average molecular weight is 366 g/mol. The monoisotopic (exact) mass is 365 g/mol. The molecule has 2 atom stereocenters. The predicted octanol–water partition coefficient (Wildman–Crippen LogP) is 0.651. The fraction of sp³-hybridized carbons (Fsp3) is 0.647. The molecular weight excluding hydrogens is 341 g/mol. The molecule has 0 aromatic carbocycles. The van der Waals surface area contributed by atoms with Crippen molar-refractivity contribution in [1.82, 2.24) is 0 Å². The number of thioether (sulfide) groups is 1. The van der Waals surface area contributed by atoms with Crippen LogP contribution < -0.4 is 24.0 Å². The van der Waals surface area contributed by atoms with Crippen LogP contribution in [0.2, 0.25) is 0 Å². The molecule has 2 unspecified atom stereocenters. The molecule has 1 rings (SSSR count). The Hall–Kier alpha value is -0.343. The third kappa shape index (κ3) is 7.69. The summed E-state index contributed by atoms with van der Waals surface area (Å²) in [4.78, 5) is 17.5. The number of halogens is 1. The number of allylic oxidation sites excluding steroid dienone is 2. The quantitative estimate of drug-likeness (QED) is 0.260. The molecule has 4 nitrogen and oxygen atoms in total. The smallest absolute Gasteiger partial charge is 0.875 e. The summed E-state index contributed by atoms with van der Waals surface area (Å²) < 4.78 is 0. The summed E-state index contributed by atoms with van der Waals surface area (Å²) in [6.07, 6.45) is 3.84. The Kier molecular flexibility index (Phi) is 12.8. The first-order valence-corrected chi connectivity index (χ1v) is 9.51. The standard InChI is InChI=1S/C17H26ClNO3S.Li/c1-4-14(19-22-8-6-7-18)17-15(20)10-13(11-16(17)21)9-12(3)23-5-2;/h6-7,12-13,20H,4-5,8-11H2,1-3H3;/q;+1/p-1/b7-6+,19-14?;. The number of nitrogens with zero attached hydrogens (tertiary/aromatic N) is 1. The van der Waals surface area contributed by atoms with E-state index in [9.17, 15) is 9.90 Å². The SMILES string of the molecule is CCSC(C)CC1CC(=O)C(C(CC)=NOC/C=C/Cl)=C([O-])C1.[Li+]. The van der Waals surface area contributed by atoms with Gasteiger partial charge in [-0.1, -0.05) is 37.5 Å². The minimum atomic E-state index is -0.1000. The Bertz CT molecular complexity index is 494. The number of oxime groups is 1. The van der Waals surface area contributed by atoms with Crippen LogP contribution in [0.3, 0.4) is 0 Å². The van der Waals surface area contributed by atoms with Crippen molar-refractivity contribution < 1.29 is 33.6 Å². The number of ketones is 1. The van der Waals surface area contributed by atoms with E-state index in [0.29, 0.717) is 30.2 Å². The van der Waals surface area contributed by atoms with Gasteiger partial charge in [-0.2, -0.15) is 11.8 Å². The number of hydrogen-bond acceptors (Lipinski definition) is 5. The summed E-state index contributed by atoms with van der Waals surface area (Å²) in [7, 11) is 0. The van der Waals surface area contributed by atoms with Gasteiger partial charge in [-0.15, -0.1) is 5.76 Å². The largest absolute Gasteiger partial charge is 1.00 e. The van der Waals surface area contributed by atoms with Crippen molar-refractivity contribution in [3.63, 3.8) is 0 Å². The summed E-state index contributed by atoms with van der Waals surface area (Å²) in [5.41, 5.74) is 2.01. The molecule has 1 aliphatic rings. The van der Waals surface area contributed by atoms with Crippen LogP contribution in [0, 0.1) is 5.92 Å². The van der Waals surface area contributed by atoms with E-state index in [-0.39, 0.29) is 48.5 Å². The summed E-state index contributed by atoms with van der Waals surface area (Å²) in [6, 6.07) is 0. The van der Waals surface area contributed by atoms with Gasteiger partial charge in [0, 0.05) is 22.8 Å². The predicted molar refractivity (Wildman–Crippen MR) is 95.6 cm³/mol. The number of hydrogen-bond donors (Lipinski definition) is 0. The Morgan fingerprint density at radius 3 is 2.75 bits per heavy atom. The van der Waals surface area contributed by atoms with Crippen LogP contribution in [-0.2, 0) is 9.63 Å². The molecule has 0 aromatic heterocycles. The molecule has 7 heteroatoms. The van der Waals surface area contributed by atoms with Crippen LogP contribution >= 0.6 is 23.4 Å². The van der Waals surface area contributed by atoms with Crippen molar-refractivity contribution in [2.24, 2.45) is 11.1 Å². The molecule has 0 saturated heterocycles. The first-order valence-electron chi connectivity index (χ1n) is 8.02. The van der Waals surface area contributed by atoms with Gasteiger partial charge in [0.05, 0.1) is 5.71 Å². The Balaban J connectivity index is 0.00000529. The van der Waals surface area contributed by atoms with Crippen molar-refractivity contribution in [3.8, 4) is 0 Å². The Morgan fingerprint density at radius 1 is 1.50 bits per heavy atom. The summed E-state index contributed by atoms with van der Waals surface area (Å²) in [5.74, 6) is 0.994. The number of Topliss-reactive ketones (excluding diaryl/α,β-unsaturated/α-hetero) is 1. The molecular formula is C17H25ClLiNO3S. The molecule has 0 spiro atoms. The van der Waals surface area contributed by atoms with Crippen molar-refractivity contribution >= 4 is 34.9 Å². The zero-order valence-corrected chi connectivity index (χ0v) is 16.6. The molecule has 0 amide bonds. The van der Waals surface area contributed by atoms with Crippen molar-refractivity contribution in [3.05, 3.63) is 22.9 Å². The maximum absolute atomic E-state index is 12.4. The third-order valence-corrected chi connectivity index (χ3v) is 4.95. The van der Waals surface area contributed by atoms with Gasteiger partial charge in [0.1, 0.15) is 6.61 Å². The first kappa shape index (κ1) is 23.7. The molecule has 1 aliphatic carbocycles. The van der Waals surface area contributed by atoms with Crippen LogP contribution in [-0.4, -0.2) is 29.1 Å². The molecule has 0 radical (unpaired) electrons. The van der Waals surface area contributed by atoms with Crippen molar-refractivity contribution in [2.45, 2.75) is 51.7 Å². The van der Waals surface area contributed by atoms with Gasteiger partial charge in [-0.25, -0.2) is 0 Å². The van der Waals surface area contributed by atoms with Crippen LogP contribution in [0.4, 0.5) is 0 Å². The zero-order chi connectivity index (χ0) is 17.2.